The molecule has 3 heterocycles. The molecule has 0 unspecified atom stereocenters. The van der Waals surface area contributed by atoms with Gasteiger partial charge in [-0.1, -0.05) is 17.7 Å². The first-order valence-electron chi connectivity index (χ1n) is 9.41. The van der Waals surface area contributed by atoms with E-state index in [9.17, 15) is 0 Å². The summed E-state index contributed by atoms with van der Waals surface area (Å²) in [5.74, 6) is 3.07. The van der Waals surface area contributed by atoms with Crippen molar-refractivity contribution in [2.75, 3.05) is 13.2 Å². The number of imidazole rings is 1. The van der Waals surface area contributed by atoms with Crippen molar-refractivity contribution in [1.29, 1.82) is 0 Å². The van der Waals surface area contributed by atoms with Crippen LogP contribution in [0, 0.1) is 6.92 Å². The number of rotatable bonds is 2. The van der Waals surface area contributed by atoms with Gasteiger partial charge in [-0.25, -0.2) is 4.57 Å². The van der Waals surface area contributed by atoms with E-state index in [1.165, 1.54) is 41.2 Å². The monoisotopic (exact) mass is 426 g/mol. The molecule has 5 heteroatoms. The van der Waals surface area contributed by atoms with Gasteiger partial charge in [-0.3, -0.25) is 0 Å². The second-order valence-electron chi connectivity index (χ2n) is 7.10. The van der Waals surface area contributed by atoms with E-state index in [-0.39, 0.29) is 17.0 Å². The number of ether oxygens (including phenoxy) is 2. The molecule has 0 saturated carbocycles. The SMILES string of the molecule is Cc1ccc(-n2cc(-c3ccc4c(c3)OCCO4)[n+]3c2CCCC3)cc1.[Br-]. The first-order valence-corrected chi connectivity index (χ1v) is 9.41. The van der Waals surface area contributed by atoms with Gasteiger partial charge < -0.3 is 26.5 Å². The Morgan fingerprint density at radius 1 is 0.926 bits per heavy atom. The van der Waals surface area contributed by atoms with E-state index in [0.717, 1.165) is 24.5 Å². The Hall–Kier alpha value is -2.27. The molecule has 0 amide bonds. The van der Waals surface area contributed by atoms with Crippen LogP contribution < -0.4 is 31.0 Å². The van der Waals surface area contributed by atoms with Crippen LogP contribution >= 0.6 is 0 Å². The molecule has 0 radical (unpaired) electrons. The third-order valence-corrected chi connectivity index (χ3v) is 5.31. The van der Waals surface area contributed by atoms with E-state index in [4.69, 9.17) is 9.47 Å². The summed E-state index contributed by atoms with van der Waals surface area (Å²) in [6, 6.07) is 15.1. The van der Waals surface area contributed by atoms with Crippen molar-refractivity contribution in [3.63, 3.8) is 0 Å². The molecule has 0 bridgehead atoms. The summed E-state index contributed by atoms with van der Waals surface area (Å²) in [5, 5.41) is 0. The van der Waals surface area contributed by atoms with Crippen LogP contribution in [0.4, 0.5) is 0 Å². The Bertz CT molecular complexity index is 963. The molecule has 140 valence electrons. The Labute approximate surface area is 170 Å². The number of aromatic nitrogens is 2. The van der Waals surface area contributed by atoms with Gasteiger partial charge in [0.1, 0.15) is 25.1 Å². The van der Waals surface area contributed by atoms with Crippen molar-refractivity contribution in [3.8, 4) is 28.4 Å². The molecule has 0 N–H and O–H groups in total. The standard InChI is InChI=1S/C22H23N2O2.BrH/c1-16-5-8-18(9-6-16)24-15-19(23-11-3-2-4-22(23)24)17-7-10-20-21(14-17)26-13-12-25-20;/h5-10,14-15H,2-4,11-13H2,1H3;1H/q+1;/p-1. The van der Waals surface area contributed by atoms with Gasteiger partial charge in [-0.15, -0.1) is 0 Å². The number of halogens is 1. The van der Waals surface area contributed by atoms with Gasteiger partial charge in [0.25, 0.3) is 5.82 Å². The quantitative estimate of drug-likeness (QED) is 0.568. The number of fused-ring (bicyclic) bond motifs is 2. The smallest absolute Gasteiger partial charge is 0.262 e. The van der Waals surface area contributed by atoms with Crippen molar-refractivity contribution >= 4 is 0 Å². The first-order chi connectivity index (χ1) is 12.8. The molecular formula is C22H23BrN2O2. The first kappa shape index (κ1) is 18.1. The Balaban J connectivity index is 0.00000180. The van der Waals surface area contributed by atoms with Crippen LogP contribution in [0.3, 0.4) is 0 Å². The second-order valence-corrected chi connectivity index (χ2v) is 7.10. The summed E-state index contributed by atoms with van der Waals surface area (Å²) in [6.07, 6.45) is 5.86. The summed E-state index contributed by atoms with van der Waals surface area (Å²) in [7, 11) is 0. The lowest BCUT2D eigenvalue weighted by atomic mass is 10.1. The highest BCUT2D eigenvalue weighted by Gasteiger charge is 2.28. The number of benzene rings is 2. The summed E-state index contributed by atoms with van der Waals surface area (Å²) >= 11 is 0. The number of nitrogens with zero attached hydrogens (tertiary/aromatic N) is 2. The average Bonchev–Trinajstić information content (AvgIpc) is 3.08. The number of aryl methyl sites for hydroxylation is 1. The highest BCUT2D eigenvalue weighted by molar-refractivity contribution is 5.62. The number of hydrogen-bond donors (Lipinski definition) is 0. The van der Waals surface area contributed by atoms with Crippen LogP contribution in [0.5, 0.6) is 11.5 Å². The van der Waals surface area contributed by atoms with Crippen molar-refractivity contribution in [1.82, 2.24) is 4.57 Å². The van der Waals surface area contributed by atoms with Crippen LogP contribution in [0.25, 0.3) is 16.9 Å². The molecule has 0 spiro atoms. The molecule has 2 aliphatic heterocycles. The van der Waals surface area contributed by atoms with E-state index < -0.39 is 0 Å². The predicted molar refractivity (Wildman–Crippen MR) is 100 cm³/mol. The molecule has 4 nitrogen and oxygen atoms in total. The molecule has 1 aromatic heterocycles. The second kappa shape index (κ2) is 7.39. The van der Waals surface area contributed by atoms with Crippen molar-refractivity contribution in [2.45, 2.75) is 32.7 Å². The summed E-state index contributed by atoms with van der Waals surface area (Å²) in [4.78, 5) is 0. The lowest BCUT2D eigenvalue weighted by molar-refractivity contribution is -0.698. The van der Waals surface area contributed by atoms with E-state index in [1.807, 2.05) is 6.07 Å². The van der Waals surface area contributed by atoms with Crippen LogP contribution in [0.2, 0.25) is 0 Å². The molecule has 0 aliphatic carbocycles. The van der Waals surface area contributed by atoms with E-state index >= 15 is 0 Å². The lowest BCUT2D eigenvalue weighted by Crippen LogP contribution is -3.00. The van der Waals surface area contributed by atoms with Crippen molar-refractivity contribution < 1.29 is 31.0 Å². The molecule has 5 rings (SSSR count). The van der Waals surface area contributed by atoms with Gasteiger partial charge >= 0.3 is 0 Å². The molecular weight excluding hydrogens is 404 g/mol. The normalized spacial score (nSPS) is 15.0. The van der Waals surface area contributed by atoms with Gasteiger partial charge in [0.2, 0.25) is 0 Å². The summed E-state index contributed by atoms with van der Waals surface area (Å²) in [5.41, 5.74) is 4.94. The number of hydrogen-bond acceptors (Lipinski definition) is 2. The Morgan fingerprint density at radius 3 is 2.52 bits per heavy atom. The van der Waals surface area contributed by atoms with Crippen molar-refractivity contribution in [2.24, 2.45) is 0 Å². The van der Waals surface area contributed by atoms with Gasteiger partial charge in [0.15, 0.2) is 17.2 Å². The minimum Gasteiger partial charge on any atom is -1.00 e. The van der Waals surface area contributed by atoms with E-state index in [0.29, 0.717) is 13.2 Å². The van der Waals surface area contributed by atoms with Crippen molar-refractivity contribution in [3.05, 3.63) is 60.0 Å². The zero-order chi connectivity index (χ0) is 17.5. The van der Waals surface area contributed by atoms with Crippen LogP contribution in [0.15, 0.2) is 48.7 Å². The maximum Gasteiger partial charge on any atom is 0.262 e. The molecule has 0 atom stereocenters. The van der Waals surface area contributed by atoms with Crippen LogP contribution in [-0.2, 0) is 13.0 Å². The fourth-order valence-corrected chi connectivity index (χ4v) is 3.96. The molecule has 0 fully saturated rings. The minimum atomic E-state index is 0. The molecule has 3 aromatic rings. The average molecular weight is 427 g/mol. The molecule has 27 heavy (non-hydrogen) atoms. The third kappa shape index (κ3) is 3.25. The van der Waals surface area contributed by atoms with E-state index in [1.54, 1.807) is 0 Å². The minimum absolute atomic E-state index is 0. The molecule has 2 aromatic carbocycles. The van der Waals surface area contributed by atoms with E-state index in [2.05, 4.69) is 58.7 Å². The lowest BCUT2D eigenvalue weighted by Gasteiger charge is -2.18. The summed E-state index contributed by atoms with van der Waals surface area (Å²) < 4.78 is 16.3. The third-order valence-electron chi connectivity index (χ3n) is 5.31. The van der Waals surface area contributed by atoms with Gasteiger partial charge in [-0.2, -0.15) is 4.57 Å². The fraction of sp³-hybridized carbons (Fsp3) is 0.318. The highest BCUT2D eigenvalue weighted by atomic mass is 79.9. The van der Waals surface area contributed by atoms with Gasteiger partial charge in [0, 0.05) is 12.0 Å². The zero-order valence-corrected chi connectivity index (χ0v) is 17.0. The maximum atomic E-state index is 5.79. The Kier molecular flexibility index (Phi) is 4.96. The highest BCUT2D eigenvalue weighted by Crippen LogP contribution is 2.34. The topological polar surface area (TPSA) is 27.3 Å². The molecule has 0 saturated heterocycles. The van der Waals surface area contributed by atoms with Gasteiger partial charge in [-0.05, 0) is 50.1 Å². The maximum absolute atomic E-state index is 5.79. The predicted octanol–water partition coefficient (Wildman–Crippen LogP) is 0.852. The van der Waals surface area contributed by atoms with Gasteiger partial charge in [0.05, 0.1) is 6.54 Å². The van der Waals surface area contributed by atoms with Crippen LogP contribution in [-0.4, -0.2) is 17.8 Å². The molecule has 2 aliphatic rings. The largest absolute Gasteiger partial charge is 1.00 e. The fourth-order valence-electron chi connectivity index (χ4n) is 3.96. The summed E-state index contributed by atoms with van der Waals surface area (Å²) in [6.45, 7) is 4.44. The van der Waals surface area contributed by atoms with Crippen LogP contribution in [0.1, 0.15) is 24.2 Å². The zero-order valence-electron chi connectivity index (χ0n) is 15.5. The Morgan fingerprint density at radius 2 is 1.70 bits per heavy atom.